The number of carbonyl (C=O) groups is 2. The van der Waals surface area contributed by atoms with Gasteiger partial charge in [0.1, 0.15) is 5.15 Å². The quantitative estimate of drug-likeness (QED) is 0.321. The molecule has 2 aromatic rings. The van der Waals surface area contributed by atoms with Crippen LogP contribution in [0.5, 0.6) is 0 Å². The molecule has 0 spiro atoms. The van der Waals surface area contributed by atoms with Crippen molar-refractivity contribution in [3.63, 3.8) is 0 Å². The third-order valence-corrected chi connectivity index (χ3v) is 4.88. The summed E-state index contributed by atoms with van der Waals surface area (Å²) in [5.41, 5.74) is 1.55. The summed E-state index contributed by atoms with van der Waals surface area (Å²) in [6.07, 6.45) is 0. The lowest BCUT2D eigenvalue weighted by Gasteiger charge is -2.09. The highest BCUT2D eigenvalue weighted by molar-refractivity contribution is 7.99. The smallest absolute Gasteiger partial charge is 0.342 e. The number of rotatable bonds is 7. The van der Waals surface area contributed by atoms with Gasteiger partial charge in [-0.05, 0) is 49.7 Å². The Hall–Kier alpha value is -1.76. The highest BCUT2D eigenvalue weighted by Gasteiger charge is 2.18. The number of ether oxygens (including phenoxy) is 1. The van der Waals surface area contributed by atoms with Gasteiger partial charge in [-0.2, -0.15) is 0 Å². The summed E-state index contributed by atoms with van der Waals surface area (Å²) in [6.45, 7) is 3.61. The fourth-order valence-corrected chi connectivity index (χ4v) is 3.43. The molecule has 5 nitrogen and oxygen atoms in total. The van der Waals surface area contributed by atoms with Crippen LogP contribution in [0, 0.1) is 13.8 Å². The molecule has 0 unspecified atom stereocenters. The molecule has 2 rings (SSSR count). The predicted octanol–water partition coefficient (Wildman–Crippen LogP) is 4.07. The van der Waals surface area contributed by atoms with Crippen LogP contribution in [-0.2, 0) is 9.53 Å². The molecule has 0 bridgehead atoms. The number of thioether (sulfide) groups is 1. The molecule has 138 valence electrons. The molecule has 1 amide bonds. The van der Waals surface area contributed by atoms with Crippen molar-refractivity contribution in [1.29, 1.82) is 0 Å². The summed E-state index contributed by atoms with van der Waals surface area (Å²) < 4.78 is 5.02. The second kappa shape index (κ2) is 9.80. The molecule has 0 saturated heterocycles. The van der Waals surface area contributed by atoms with E-state index in [0.717, 1.165) is 4.90 Å². The molecule has 0 fully saturated rings. The maximum absolute atomic E-state index is 12.1. The van der Waals surface area contributed by atoms with Crippen molar-refractivity contribution in [2.24, 2.45) is 0 Å². The van der Waals surface area contributed by atoms with Crippen LogP contribution >= 0.6 is 35.0 Å². The molecule has 0 saturated carbocycles. The van der Waals surface area contributed by atoms with Gasteiger partial charge >= 0.3 is 5.97 Å². The minimum absolute atomic E-state index is 0.0762. The number of aryl methyl sites for hydroxylation is 2. The monoisotopic (exact) mass is 412 g/mol. The van der Waals surface area contributed by atoms with Crippen molar-refractivity contribution in [3.8, 4) is 0 Å². The largest absolute Gasteiger partial charge is 0.452 e. The van der Waals surface area contributed by atoms with Gasteiger partial charge in [-0.1, -0.05) is 23.2 Å². The summed E-state index contributed by atoms with van der Waals surface area (Å²) in [7, 11) is 0. The topological polar surface area (TPSA) is 68.3 Å². The van der Waals surface area contributed by atoms with E-state index in [1.54, 1.807) is 31.7 Å². The van der Waals surface area contributed by atoms with Gasteiger partial charge in [0.25, 0.3) is 5.91 Å². The van der Waals surface area contributed by atoms with Crippen LogP contribution < -0.4 is 5.32 Å². The highest BCUT2D eigenvalue weighted by Crippen LogP contribution is 2.20. The predicted molar refractivity (Wildman–Crippen MR) is 104 cm³/mol. The molecule has 0 aliphatic carbocycles. The van der Waals surface area contributed by atoms with Crippen LogP contribution in [0.1, 0.15) is 21.6 Å². The third kappa shape index (κ3) is 6.20. The van der Waals surface area contributed by atoms with Crippen molar-refractivity contribution in [2.45, 2.75) is 18.7 Å². The Kier molecular flexibility index (Phi) is 7.75. The van der Waals surface area contributed by atoms with Crippen LogP contribution in [0.2, 0.25) is 10.2 Å². The Balaban J connectivity index is 1.73. The number of hydrogen-bond acceptors (Lipinski definition) is 5. The van der Waals surface area contributed by atoms with Gasteiger partial charge in [-0.15, -0.1) is 11.8 Å². The Morgan fingerprint density at radius 3 is 2.54 bits per heavy atom. The number of nitrogens with one attached hydrogen (secondary N) is 1. The van der Waals surface area contributed by atoms with Gasteiger partial charge in [0.15, 0.2) is 6.61 Å². The zero-order valence-corrected chi connectivity index (χ0v) is 16.7. The minimum Gasteiger partial charge on any atom is -0.452 e. The Morgan fingerprint density at radius 1 is 1.19 bits per heavy atom. The number of hydrogen-bond donors (Lipinski definition) is 1. The van der Waals surface area contributed by atoms with E-state index in [4.69, 9.17) is 27.9 Å². The number of amides is 1. The molecule has 0 radical (unpaired) electrons. The van der Waals surface area contributed by atoms with Crippen molar-refractivity contribution in [2.75, 3.05) is 18.9 Å². The average molecular weight is 413 g/mol. The first kappa shape index (κ1) is 20.6. The number of pyridine rings is 1. The van der Waals surface area contributed by atoms with Gasteiger partial charge in [0, 0.05) is 27.9 Å². The van der Waals surface area contributed by atoms with E-state index in [9.17, 15) is 9.59 Å². The summed E-state index contributed by atoms with van der Waals surface area (Å²) in [4.78, 5) is 29.0. The van der Waals surface area contributed by atoms with Gasteiger partial charge in [-0.3, -0.25) is 4.79 Å². The van der Waals surface area contributed by atoms with Gasteiger partial charge < -0.3 is 10.1 Å². The van der Waals surface area contributed by atoms with Crippen LogP contribution in [0.25, 0.3) is 0 Å². The maximum Gasteiger partial charge on any atom is 0.342 e. The molecule has 26 heavy (non-hydrogen) atoms. The highest BCUT2D eigenvalue weighted by atomic mass is 35.5. The number of halogens is 2. The lowest BCUT2D eigenvalue weighted by molar-refractivity contribution is -0.124. The Morgan fingerprint density at radius 2 is 1.88 bits per heavy atom. The van der Waals surface area contributed by atoms with E-state index in [-0.39, 0.29) is 23.2 Å². The zero-order chi connectivity index (χ0) is 19.1. The fraction of sp³-hybridized carbons (Fsp3) is 0.278. The second-order valence-corrected chi connectivity index (χ2v) is 7.44. The Bertz CT molecular complexity index is 775. The summed E-state index contributed by atoms with van der Waals surface area (Å²) in [6, 6.07) is 9.19. The van der Waals surface area contributed by atoms with Crippen molar-refractivity contribution < 1.29 is 14.3 Å². The first-order valence-corrected chi connectivity index (χ1v) is 9.57. The van der Waals surface area contributed by atoms with E-state index in [0.29, 0.717) is 28.6 Å². The number of benzene rings is 1. The number of esters is 1. The lowest BCUT2D eigenvalue weighted by Crippen LogP contribution is -2.30. The van der Waals surface area contributed by atoms with E-state index in [2.05, 4.69) is 10.3 Å². The average Bonchev–Trinajstić information content (AvgIpc) is 2.57. The van der Waals surface area contributed by atoms with E-state index >= 15 is 0 Å². The third-order valence-electron chi connectivity index (χ3n) is 3.35. The summed E-state index contributed by atoms with van der Waals surface area (Å²) in [5.74, 6) is -0.344. The van der Waals surface area contributed by atoms with E-state index < -0.39 is 5.97 Å². The number of carbonyl (C=O) groups excluding carboxylic acids is 2. The maximum atomic E-state index is 12.1. The molecule has 1 N–H and O–H groups in total. The van der Waals surface area contributed by atoms with Crippen molar-refractivity contribution in [1.82, 2.24) is 10.3 Å². The number of aromatic nitrogens is 1. The molecule has 0 aliphatic heterocycles. The van der Waals surface area contributed by atoms with Gasteiger partial charge in [0.2, 0.25) is 0 Å². The second-order valence-electron chi connectivity index (χ2n) is 5.47. The van der Waals surface area contributed by atoms with Gasteiger partial charge in [-0.25, -0.2) is 9.78 Å². The van der Waals surface area contributed by atoms with Crippen LogP contribution in [0.3, 0.4) is 0 Å². The van der Waals surface area contributed by atoms with Gasteiger partial charge in [0.05, 0.1) is 5.56 Å². The first-order chi connectivity index (χ1) is 12.4. The summed E-state index contributed by atoms with van der Waals surface area (Å²) in [5, 5.41) is 3.46. The fourth-order valence-electron chi connectivity index (χ4n) is 2.18. The normalized spacial score (nSPS) is 10.5. The molecule has 1 aromatic carbocycles. The molecular formula is C18H18Cl2N2O3S. The Labute approximate surface area is 166 Å². The van der Waals surface area contributed by atoms with Crippen LogP contribution in [0.4, 0.5) is 0 Å². The van der Waals surface area contributed by atoms with Crippen LogP contribution in [0.15, 0.2) is 35.2 Å². The van der Waals surface area contributed by atoms with E-state index in [1.165, 1.54) is 0 Å². The molecule has 8 heteroatoms. The van der Waals surface area contributed by atoms with Crippen molar-refractivity contribution in [3.05, 3.63) is 57.3 Å². The first-order valence-electron chi connectivity index (χ1n) is 7.82. The zero-order valence-electron chi connectivity index (χ0n) is 14.3. The molecule has 0 atom stereocenters. The van der Waals surface area contributed by atoms with E-state index in [1.807, 2.05) is 24.3 Å². The van der Waals surface area contributed by atoms with Crippen molar-refractivity contribution >= 4 is 46.8 Å². The molecule has 1 heterocycles. The number of nitrogens with zero attached hydrogens (tertiary/aromatic N) is 1. The molecule has 1 aromatic heterocycles. The molecule has 0 aliphatic rings. The molecular weight excluding hydrogens is 395 g/mol. The standard InChI is InChI=1S/C18H18Cl2N2O3S/c1-11-9-12(2)22-17(20)16(11)18(24)25-10-15(23)21-7-8-26-14-5-3-13(19)4-6-14/h3-6,9H,7-8,10H2,1-2H3,(H,21,23). The minimum atomic E-state index is -0.661. The lowest BCUT2D eigenvalue weighted by atomic mass is 10.1. The van der Waals surface area contributed by atoms with Crippen LogP contribution in [-0.4, -0.2) is 35.8 Å². The summed E-state index contributed by atoms with van der Waals surface area (Å²) >= 11 is 13.4. The SMILES string of the molecule is Cc1cc(C)c(C(=O)OCC(=O)NCCSc2ccc(Cl)cc2)c(Cl)n1.